The molecule has 0 aliphatic carbocycles. The molecule has 0 aliphatic rings. The Morgan fingerprint density at radius 3 is 2.53 bits per heavy atom. The molecule has 76 valence electrons. The molecule has 0 atom stereocenters. The molecular formula is C9H8N4O2. The zero-order valence-corrected chi connectivity index (χ0v) is 7.66. The van der Waals surface area contributed by atoms with Crippen LogP contribution in [0.4, 0.5) is 5.69 Å². The van der Waals surface area contributed by atoms with Crippen LogP contribution in [0.25, 0.3) is 5.69 Å². The molecule has 1 heterocycles. The first-order valence-electron chi connectivity index (χ1n) is 4.18. The Hall–Kier alpha value is -2.37. The van der Waals surface area contributed by atoms with Gasteiger partial charge in [0, 0.05) is 0 Å². The van der Waals surface area contributed by atoms with E-state index in [1.807, 2.05) is 0 Å². The zero-order valence-electron chi connectivity index (χ0n) is 7.66. The molecule has 0 fully saturated rings. The molecule has 0 bridgehead atoms. The lowest BCUT2D eigenvalue weighted by Crippen LogP contribution is -2.05. The quantitative estimate of drug-likeness (QED) is 0.696. The first-order chi connectivity index (χ1) is 7.18. The summed E-state index contributed by atoms with van der Waals surface area (Å²) >= 11 is 0. The number of nitrogens with zero attached hydrogens (tertiary/aromatic N) is 3. The van der Waals surface area contributed by atoms with Gasteiger partial charge in [-0.25, -0.2) is 4.79 Å². The van der Waals surface area contributed by atoms with Gasteiger partial charge in [-0.2, -0.15) is 10.2 Å². The topological polar surface area (TPSA) is 94.0 Å². The Bertz CT molecular complexity index is 493. The normalized spacial score (nSPS) is 10.1. The first-order valence-corrected chi connectivity index (χ1v) is 4.18. The number of rotatable bonds is 2. The molecule has 15 heavy (non-hydrogen) atoms. The summed E-state index contributed by atoms with van der Waals surface area (Å²) in [6.07, 6.45) is 3.04. The molecule has 0 radical (unpaired) electrons. The van der Waals surface area contributed by atoms with Crippen molar-refractivity contribution in [2.75, 3.05) is 5.73 Å². The average molecular weight is 204 g/mol. The Balaban J connectivity index is 2.48. The van der Waals surface area contributed by atoms with E-state index in [4.69, 9.17) is 10.8 Å². The highest BCUT2D eigenvalue weighted by Crippen LogP contribution is 2.16. The molecule has 2 aromatic rings. The third-order valence-electron chi connectivity index (χ3n) is 1.91. The molecule has 0 aliphatic heterocycles. The number of aromatic nitrogens is 3. The van der Waals surface area contributed by atoms with Crippen molar-refractivity contribution in [1.82, 2.24) is 15.0 Å². The number of carbonyl (C=O) groups is 1. The minimum Gasteiger partial charge on any atom is -0.478 e. The number of hydrogen-bond donors (Lipinski definition) is 2. The molecule has 0 spiro atoms. The molecule has 0 unspecified atom stereocenters. The number of benzene rings is 1. The van der Waals surface area contributed by atoms with E-state index in [9.17, 15) is 4.79 Å². The average Bonchev–Trinajstić information content (AvgIpc) is 2.70. The van der Waals surface area contributed by atoms with Gasteiger partial charge in [0.25, 0.3) is 0 Å². The predicted octanol–water partition coefficient (Wildman–Crippen LogP) is 0.548. The van der Waals surface area contributed by atoms with Gasteiger partial charge in [-0.1, -0.05) is 0 Å². The van der Waals surface area contributed by atoms with Crippen molar-refractivity contribution < 1.29 is 9.90 Å². The molecule has 6 heteroatoms. The van der Waals surface area contributed by atoms with Crippen LogP contribution in [0.15, 0.2) is 30.6 Å². The van der Waals surface area contributed by atoms with Gasteiger partial charge in [0.2, 0.25) is 0 Å². The second kappa shape index (κ2) is 3.41. The van der Waals surface area contributed by atoms with E-state index < -0.39 is 5.97 Å². The summed E-state index contributed by atoms with van der Waals surface area (Å²) in [5, 5.41) is 16.5. The van der Waals surface area contributed by atoms with Crippen LogP contribution in [0.1, 0.15) is 10.4 Å². The van der Waals surface area contributed by atoms with E-state index in [1.165, 1.54) is 29.3 Å². The Labute approximate surface area is 84.9 Å². The number of carboxylic acid groups (broad SMARTS) is 1. The van der Waals surface area contributed by atoms with Crippen LogP contribution in [0, 0.1) is 0 Å². The SMILES string of the molecule is Nc1cc(C(=O)O)ccc1-n1nccn1. The number of nitrogen functional groups attached to an aromatic ring is 1. The molecule has 2 rings (SSSR count). The van der Waals surface area contributed by atoms with Crippen LogP contribution < -0.4 is 5.73 Å². The number of hydrogen-bond acceptors (Lipinski definition) is 4. The Morgan fingerprint density at radius 2 is 2.00 bits per heavy atom. The largest absolute Gasteiger partial charge is 0.478 e. The van der Waals surface area contributed by atoms with Crippen LogP contribution >= 0.6 is 0 Å². The fraction of sp³-hybridized carbons (Fsp3) is 0. The predicted molar refractivity (Wildman–Crippen MR) is 52.7 cm³/mol. The summed E-state index contributed by atoms with van der Waals surface area (Å²) < 4.78 is 0. The van der Waals surface area contributed by atoms with Crippen molar-refractivity contribution in [3.63, 3.8) is 0 Å². The van der Waals surface area contributed by atoms with Crippen molar-refractivity contribution in [2.45, 2.75) is 0 Å². The standard InChI is InChI=1S/C9H8N4O2/c10-7-5-6(9(14)15)1-2-8(7)13-11-3-4-12-13/h1-5H,10H2,(H,14,15). The maximum atomic E-state index is 10.7. The van der Waals surface area contributed by atoms with Crippen LogP contribution in [0.5, 0.6) is 0 Å². The van der Waals surface area contributed by atoms with Crippen molar-refractivity contribution in [3.8, 4) is 5.69 Å². The molecule has 6 nitrogen and oxygen atoms in total. The maximum absolute atomic E-state index is 10.7. The number of nitrogens with two attached hydrogens (primary N) is 1. The number of aromatic carboxylic acids is 1. The third kappa shape index (κ3) is 1.64. The monoisotopic (exact) mass is 204 g/mol. The van der Waals surface area contributed by atoms with Gasteiger partial charge in [-0.15, -0.1) is 4.80 Å². The van der Waals surface area contributed by atoms with E-state index in [0.29, 0.717) is 11.4 Å². The number of carboxylic acids is 1. The number of anilines is 1. The van der Waals surface area contributed by atoms with Gasteiger partial charge in [0.15, 0.2) is 0 Å². The summed E-state index contributed by atoms with van der Waals surface area (Å²) in [7, 11) is 0. The smallest absolute Gasteiger partial charge is 0.335 e. The molecule has 0 amide bonds. The lowest BCUT2D eigenvalue weighted by atomic mass is 10.2. The fourth-order valence-electron chi connectivity index (χ4n) is 1.21. The summed E-state index contributed by atoms with van der Waals surface area (Å²) in [4.78, 5) is 12.0. The van der Waals surface area contributed by atoms with Crippen LogP contribution in [-0.2, 0) is 0 Å². The van der Waals surface area contributed by atoms with E-state index in [1.54, 1.807) is 6.07 Å². The minimum atomic E-state index is -1.01. The van der Waals surface area contributed by atoms with Gasteiger partial charge < -0.3 is 10.8 Å². The van der Waals surface area contributed by atoms with Crippen molar-refractivity contribution >= 4 is 11.7 Å². The van der Waals surface area contributed by atoms with Gasteiger partial charge in [0.05, 0.1) is 23.6 Å². The Kier molecular flexibility index (Phi) is 2.09. The lowest BCUT2D eigenvalue weighted by molar-refractivity contribution is 0.0697. The highest BCUT2D eigenvalue weighted by Gasteiger charge is 2.08. The lowest BCUT2D eigenvalue weighted by Gasteiger charge is -2.04. The molecule has 0 saturated carbocycles. The minimum absolute atomic E-state index is 0.142. The zero-order chi connectivity index (χ0) is 10.8. The summed E-state index contributed by atoms with van der Waals surface area (Å²) in [5.41, 5.74) is 6.71. The molecule has 1 aromatic heterocycles. The molecular weight excluding hydrogens is 196 g/mol. The van der Waals surface area contributed by atoms with Gasteiger partial charge in [-0.3, -0.25) is 0 Å². The second-order valence-electron chi connectivity index (χ2n) is 2.90. The highest BCUT2D eigenvalue weighted by molar-refractivity contribution is 5.89. The second-order valence-corrected chi connectivity index (χ2v) is 2.90. The highest BCUT2D eigenvalue weighted by atomic mass is 16.4. The molecule has 3 N–H and O–H groups in total. The van der Waals surface area contributed by atoms with Gasteiger partial charge in [-0.05, 0) is 18.2 Å². The van der Waals surface area contributed by atoms with E-state index in [2.05, 4.69) is 10.2 Å². The fourth-order valence-corrected chi connectivity index (χ4v) is 1.21. The summed E-state index contributed by atoms with van der Waals surface area (Å²) in [5.74, 6) is -1.01. The molecule has 1 aromatic carbocycles. The van der Waals surface area contributed by atoms with Crippen LogP contribution in [0.3, 0.4) is 0 Å². The summed E-state index contributed by atoms with van der Waals surface area (Å²) in [6, 6.07) is 4.40. The maximum Gasteiger partial charge on any atom is 0.335 e. The third-order valence-corrected chi connectivity index (χ3v) is 1.91. The van der Waals surface area contributed by atoms with E-state index >= 15 is 0 Å². The first kappa shape index (κ1) is 9.20. The molecule has 0 saturated heterocycles. The van der Waals surface area contributed by atoms with Crippen molar-refractivity contribution in [2.24, 2.45) is 0 Å². The Morgan fingerprint density at radius 1 is 1.33 bits per heavy atom. The van der Waals surface area contributed by atoms with Crippen LogP contribution in [0.2, 0.25) is 0 Å². The van der Waals surface area contributed by atoms with E-state index in [0.717, 1.165) is 0 Å². The van der Waals surface area contributed by atoms with Crippen molar-refractivity contribution in [1.29, 1.82) is 0 Å². The van der Waals surface area contributed by atoms with Crippen LogP contribution in [-0.4, -0.2) is 26.1 Å². The van der Waals surface area contributed by atoms with Gasteiger partial charge in [0.1, 0.15) is 5.69 Å². The van der Waals surface area contributed by atoms with Gasteiger partial charge >= 0.3 is 5.97 Å². The summed E-state index contributed by atoms with van der Waals surface area (Å²) in [6.45, 7) is 0. The van der Waals surface area contributed by atoms with E-state index in [-0.39, 0.29) is 5.56 Å². The van der Waals surface area contributed by atoms with Crippen molar-refractivity contribution in [3.05, 3.63) is 36.2 Å².